The Morgan fingerprint density at radius 2 is 1.91 bits per heavy atom. The number of hydrogen-bond acceptors (Lipinski definition) is 5. The van der Waals surface area contributed by atoms with Crippen molar-refractivity contribution in [1.29, 1.82) is 0 Å². The summed E-state index contributed by atoms with van der Waals surface area (Å²) < 4.78 is 12.9. The van der Waals surface area contributed by atoms with Crippen LogP contribution in [0.4, 0.5) is 21.7 Å². The van der Waals surface area contributed by atoms with Crippen molar-refractivity contribution in [3.05, 3.63) is 42.5 Å². The van der Waals surface area contributed by atoms with Gasteiger partial charge in [0.15, 0.2) is 0 Å². The highest BCUT2D eigenvalue weighted by molar-refractivity contribution is 5.70. The maximum atomic E-state index is 12.9. The van der Waals surface area contributed by atoms with Crippen molar-refractivity contribution in [2.45, 2.75) is 12.8 Å². The normalized spacial score (nSPS) is 15.4. The van der Waals surface area contributed by atoms with Gasteiger partial charge in [0.2, 0.25) is 0 Å². The van der Waals surface area contributed by atoms with Crippen molar-refractivity contribution in [3.63, 3.8) is 0 Å². The Hall–Kier alpha value is -2.70. The second-order valence-corrected chi connectivity index (χ2v) is 5.49. The highest BCUT2D eigenvalue weighted by Crippen LogP contribution is 2.24. The molecule has 0 atom stereocenters. The summed E-state index contributed by atoms with van der Waals surface area (Å²) in [6.45, 7) is 1.31. The van der Waals surface area contributed by atoms with Crippen molar-refractivity contribution in [1.82, 2.24) is 9.97 Å². The van der Waals surface area contributed by atoms with Gasteiger partial charge in [0, 0.05) is 24.8 Å². The van der Waals surface area contributed by atoms with E-state index >= 15 is 0 Å². The Balaban J connectivity index is 1.68. The number of carboxylic acids is 1. The van der Waals surface area contributed by atoms with Gasteiger partial charge in [-0.3, -0.25) is 4.79 Å². The van der Waals surface area contributed by atoms with Crippen LogP contribution >= 0.6 is 0 Å². The molecule has 0 saturated carbocycles. The Bertz CT molecular complexity index is 685. The minimum Gasteiger partial charge on any atom is -0.481 e. The number of nitrogens with zero attached hydrogens (tertiary/aromatic N) is 3. The molecule has 0 unspecified atom stereocenters. The van der Waals surface area contributed by atoms with E-state index in [4.69, 9.17) is 5.11 Å². The summed E-state index contributed by atoms with van der Waals surface area (Å²) in [7, 11) is 0. The minimum absolute atomic E-state index is 0.273. The standard InChI is InChI=1S/C16H17FN4O2/c17-12-1-3-13(4-2-12)20-14-9-15(19-10-18-14)21-7-5-11(6-8-21)16(22)23/h1-4,9-11H,5-8H2,(H,22,23)(H,18,19,20). The van der Waals surface area contributed by atoms with Gasteiger partial charge >= 0.3 is 5.97 Å². The van der Waals surface area contributed by atoms with Crippen LogP contribution in [0.25, 0.3) is 0 Å². The predicted molar refractivity (Wildman–Crippen MR) is 84.3 cm³/mol. The number of aliphatic carboxylic acids is 1. The van der Waals surface area contributed by atoms with Gasteiger partial charge in [-0.2, -0.15) is 0 Å². The fraction of sp³-hybridized carbons (Fsp3) is 0.312. The van der Waals surface area contributed by atoms with Crippen LogP contribution in [0.15, 0.2) is 36.7 Å². The molecule has 2 aromatic rings. The van der Waals surface area contributed by atoms with Gasteiger partial charge in [0.25, 0.3) is 0 Å². The lowest BCUT2D eigenvalue weighted by Gasteiger charge is -2.31. The number of aromatic nitrogens is 2. The molecule has 7 heteroatoms. The number of benzene rings is 1. The lowest BCUT2D eigenvalue weighted by Crippen LogP contribution is -2.36. The second-order valence-electron chi connectivity index (χ2n) is 5.49. The predicted octanol–water partition coefficient (Wildman–Crippen LogP) is 2.66. The third kappa shape index (κ3) is 3.74. The van der Waals surface area contributed by atoms with Crippen molar-refractivity contribution >= 4 is 23.3 Å². The molecule has 0 amide bonds. The zero-order valence-electron chi connectivity index (χ0n) is 12.4. The van der Waals surface area contributed by atoms with Crippen LogP contribution in [0.5, 0.6) is 0 Å². The number of halogens is 1. The van der Waals surface area contributed by atoms with Crippen molar-refractivity contribution < 1.29 is 14.3 Å². The molecule has 0 spiro atoms. The van der Waals surface area contributed by atoms with Crippen LogP contribution in [0.2, 0.25) is 0 Å². The molecule has 0 aliphatic carbocycles. The lowest BCUT2D eigenvalue weighted by molar-refractivity contribution is -0.142. The summed E-state index contributed by atoms with van der Waals surface area (Å²) in [5.74, 6) is 0.0755. The van der Waals surface area contributed by atoms with E-state index < -0.39 is 5.97 Å². The highest BCUT2D eigenvalue weighted by atomic mass is 19.1. The quantitative estimate of drug-likeness (QED) is 0.903. The first-order valence-electron chi connectivity index (χ1n) is 7.44. The summed E-state index contributed by atoms with van der Waals surface area (Å²) >= 11 is 0. The number of nitrogens with one attached hydrogen (secondary N) is 1. The summed E-state index contributed by atoms with van der Waals surface area (Å²) in [5.41, 5.74) is 0.737. The Kier molecular flexibility index (Phi) is 4.36. The van der Waals surface area contributed by atoms with Crippen LogP contribution in [0.1, 0.15) is 12.8 Å². The fourth-order valence-corrected chi connectivity index (χ4v) is 2.62. The van der Waals surface area contributed by atoms with Crippen molar-refractivity contribution in [3.8, 4) is 0 Å². The largest absolute Gasteiger partial charge is 0.481 e. The van der Waals surface area contributed by atoms with E-state index in [9.17, 15) is 9.18 Å². The highest BCUT2D eigenvalue weighted by Gasteiger charge is 2.25. The third-order valence-electron chi connectivity index (χ3n) is 3.94. The van der Waals surface area contributed by atoms with Crippen LogP contribution in [0.3, 0.4) is 0 Å². The number of anilines is 3. The second kappa shape index (κ2) is 6.60. The molecule has 1 aromatic carbocycles. The summed E-state index contributed by atoms with van der Waals surface area (Å²) in [4.78, 5) is 21.5. The van der Waals surface area contributed by atoms with Gasteiger partial charge in [-0.05, 0) is 37.1 Å². The number of carbonyl (C=O) groups is 1. The van der Waals surface area contributed by atoms with Crippen LogP contribution in [0, 0.1) is 11.7 Å². The van der Waals surface area contributed by atoms with E-state index in [-0.39, 0.29) is 11.7 Å². The maximum Gasteiger partial charge on any atom is 0.306 e. The first kappa shape index (κ1) is 15.2. The number of rotatable bonds is 4. The molecule has 1 fully saturated rings. The van der Waals surface area contributed by atoms with Crippen LogP contribution in [-0.2, 0) is 4.79 Å². The Morgan fingerprint density at radius 1 is 1.22 bits per heavy atom. The average Bonchev–Trinajstić information content (AvgIpc) is 2.57. The summed E-state index contributed by atoms with van der Waals surface area (Å²) in [6, 6.07) is 7.83. The summed E-state index contributed by atoms with van der Waals surface area (Å²) in [5, 5.41) is 12.1. The number of piperidine rings is 1. The number of carboxylic acid groups (broad SMARTS) is 1. The van der Waals surface area contributed by atoms with E-state index in [0.29, 0.717) is 31.7 Å². The van der Waals surface area contributed by atoms with E-state index in [2.05, 4.69) is 20.2 Å². The van der Waals surface area contributed by atoms with E-state index in [1.807, 2.05) is 6.07 Å². The van der Waals surface area contributed by atoms with Gasteiger partial charge in [-0.25, -0.2) is 14.4 Å². The molecular formula is C16H17FN4O2. The molecular weight excluding hydrogens is 299 g/mol. The van der Waals surface area contributed by atoms with E-state index in [0.717, 1.165) is 11.5 Å². The summed E-state index contributed by atoms with van der Waals surface area (Å²) in [6.07, 6.45) is 2.69. The SMILES string of the molecule is O=C(O)C1CCN(c2cc(Nc3ccc(F)cc3)ncn2)CC1. The van der Waals surface area contributed by atoms with Crippen molar-refractivity contribution in [2.75, 3.05) is 23.3 Å². The average molecular weight is 316 g/mol. The molecule has 2 heterocycles. The molecule has 1 aliphatic heterocycles. The van der Waals surface area contributed by atoms with Gasteiger partial charge in [-0.15, -0.1) is 0 Å². The molecule has 1 aromatic heterocycles. The number of hydrogen-bond donors (Lipinski definition) is 2. The van der Waals surface area contributed by atoms with Gasteiger partial charge in [-0.1, -0.05) is 0 Å². The third-order valence-corrected chi connectivity index (χ3v) is 3.94. The molecule has 120 valence electrons. The molecule has 2 N–H and O–H groups in total. The van der Waals surface area contributed by atoms with Gasteiger partial charge in [0.05, 0.1) is 5.92 Å². The zero-order chi connectivity index (χ0) is 16.2. The van der Waals surface area contributed by atoms with Crippen LogP contribution < -0.4 is 10.2 Å². The molecule has 0 bridgehead atoms. The first-order chi connectivity index (χ1) is 11.1. The molecule has 0 radical (unpaired) electrons. The molecule has 3 rings (SSSR count). The topological polar surface area (TPSA) is 78.4 Å². The molecule has 1 aliphatic rings. The lowest BCUT2D eigenvalue weighted by atomic mass is 9.97. The smallest absolute Gasteiger partial charge is 0.306 e. The minimum atomic E-state index is -0.731. The Morgan fingerprint density at radius 3 is 2.57 bits per heavy atom. The van der Waals surface area contributed by atoms with Crippen LogP contribution in [-0.4, -0.2) is 34.1 Å². The van der Waals surface area contributed by atoms with E-state index in [1.54, 1.807) is 12.1 Å². The monoisotopic (exact) mass is 316 g/mol. The first-order valence-corrected chi connectivity index (χ1v) is 7.44. The maximum absolute atomic E-state index is 12.9. The van der Waals surface area contributed by atoms with Gasteiger partial charge in [0.1, 0.15) is 23.8 Å². The van der Waals surface area contributed by atoms with Gasteiger partial charge < -0.3 is 15.3 Å². The van der Waals surface area contributed by atoms with E-state index in [1.165, 1.54) is 18.5 Å². The fourth-order valence-electron chi connectivity index (χ4n) is 2.62. The molecule has 6 nitrogen and oxygen atoms in total. The van der Waals surface area contributed by atoms with Crippen molar-refractivity contribution in [2.24, 2.45) is 5.92 Å². The molecule has 23 heavy (non-hydrogen) atoms. The Labute approximate surface area is 133 Å². The molecule has 1 saturated heterocycles. The zero-order valence-corrected chi connectivity index (χ0v) is 12.4.